The Morgan fingerprint density at radius 2 is 1.71 bits per heavy atom. The number of carbonyl (C=O) groups is 1. The third-order valence-corrected chi connectivity index (χ3v) is 8.93. The van der Waals surface area contributed by atoms with Crippen LogP contribution < -0.4 is 14.9 Å². The Kier molecular flexibility index (Phi) is 7.80. The summed E-state index contributed by atoms with van der Waals surface area (Å²) in [6.07, 6.45) is 0. The van der Waals surface area contributed by atoms with Crippen molar-refractivity contribution in [1.82, 2.24) is 15.2 Å². The minimum Gasteiger partial charge on any atom is -0.351 e. The van der Waals surface area contributed by atoms with Crippen molar-refractivity contribution in [2.24, 2.45) is 0 Å². The van der Waals surface area contributed by atoms with E-state index in [1.54, 1.807) is 23.5 Å². The predicted octanol–water partition coefficient (Wildman–Crippen LogP) is 4.44. The number of sulfonamides is 1. The summed E-state index contributed by atoms with van der Waals surface area (Å²) in [5.41, 5.74) is 1.69. The van der Waals surface area contributed by atoms with Crippen LogP contribution in [0.2, 0.25) is 5.02 Å². The Balaban J connectivity index is 1.07. The maximum absolute atomic E-state index is 13.1. The molecule has 38 heavy (non-hydrogen) atoms. The van der Waals surface area contributed by atoms with Crippen LogP contribution in [-0.4, -0.2) is 63.5 Å². The van der Waals surface area contributed by atoms with Crippen LogP contribution in [0.4, 0.5) is 15.2 Å². The number of rotatable bonds is 8. The van der Waals surface area contributed by atoms with Gasteiger partial charge in [0.25, 0.3) is 15.9 Å². The van der Waals surface area contributed by atoms with Gasteiger partial charge in [0.2, 0.25) is 0 Å². The number of hydrogen-bond donors (Lipinski definition) is 2. The Labute approximate surface area is 229 Å². The molecule has 1 aromatic heterocycles. The van der Waals surface area contributed by atoms with E-state index >= 15 is 0 Å². The van der Waals surface area contributed by atoms with Crippen LogP contribution in [0.25, 0.3) is 10.2 Å². The van der Waals surface area contributed by atoms with Gasteiger partial charge in [-0.25, -0.2) is 17.8 Å². The summed E-state index contributed by atoms with van der Waals surface area (Å²) in [4.78, 5) is 21.8. The van der Waals surface area contributed by atoms with Crippen molar-refractivity contribution in [3.8, 4) is 0 Å². The summed E-state index contributed by atoms with van der Waals surface area (Å²) in [7, 11) is -3.86. The van der Waals surface area contributed by atoms with E-state index in [0.717, 1.165) is 60.2 Å². The fourth-order valence-corrected chi connectivity index (χ4v) is 6.48. The van der Waals surface area contributed by atoms with E-state index in [2.05, 4.69) is 19.8 Å². The molecule has 2 heterocycles. The number of carbonyl (C=O) groups excluding carboxylic acids is 1. The third-order valence-electron chi connectivity index (χ3n) is 6.22. The summed E-state index contributed by atoms with van der Waals surface area (Å²) in [5, 5.41) is 4.63. The van der Waals surface area contributed by atoms with Crippen LogP contribution in [0.5, 0.6) is 0 Å². The van der Waals surface area contributed by atoms with Crippen LogP contribution in [0, 0.1) is 5.82 Å². The monoisotopic (exact) mass is 573 g/mol. The second kappa shape index (κ2) is 11.2. The molecule has 12 heteroatoms. The largest absolute Gasteiger partial charge is 0.351 e. The number of hydrogen-bond acceptors (Lipinski definition) is 7. The molecule has 1 amide bonds. The molecule has 4 aromatic rings. The van der Waals surface area contributed by atoms with Crippen molar-refractivity contribution in [3.05, 3.63) is 83.1 Å². The molecular formula is C26H25ClFN5O3S2. The van der Waals surface area contributed by atoms with Gasteiger partial charge in [-0.05, 0) is 66.7 Å². The number of aromatic nitrogens is 1. The molecule has 198 valence electrons. The van der Waals surface area contributed by atoms with Gasteiger partial charge in [0.15, 0.2) is 5.13 Å². The van der Waals surface area contributed by atoms with Gasteiger partial charge in [-0.1, -0.05) is 22.9 Å². The van der Waals surface area contributed by atoms with Gasteiger partial charge in [-0.2, -0.15) is 0 Å². The van der Waals surface area contributed by atoms with Gasteiger partial charge < -0.3 is 10.2 Å². The molecule has 0 spiro atoms. The van der Waals surface area contributed by atoms with E-state index in [-0.39, 0.29) is 10.8 Å². The third kappa shape index (κ3) is 6.24. The van der Waals surface area contributed by atoms with Crippen LogP contribution in [-0.2, 0) is 10.0 Å². The fraction of sp³-hybridized carbons (Fsp3) is 0.231. The molecule has 5 rings (SSSR count). The lowest BCUT2D eigenvalue weighted by molar-refractivity contribution is 0.0948. The number of nitrogens with zero attached hydrogens (tertiary/aromatic N) is 3. The van der Waals surface area contributed by atoms with Gasteiger partial charge in [0, 0.05) is 55.5 Å². The molecule has 1 aliphatic rings. The fourth-order valence-electron chi connectivity index (χ4n) is 4.13. The summed E-state index contributed by atoms with van der Waals surface area (Å²) >= 11 is 7.74. The molecular weight excluding hydrogens is 549 g/mol. The minimum absolute atomic E-state index is 0.0495. The van der Waals surface area contributed by atoms with E-state index in [9.17, 15) is 17.6 Å². The van der Waals surface area contributed by atoms with Gasteiger partial charge in [0.05, 0.1) is 15.1 Å². The lowest BCUT2D eigenvalue weighted by Gasteiger charge is -2.34. The highest BCUT2D eigenvalue weighted by Crippen LogP contribution is 2.31. The Morgan fingerprint density at radius 3 is 2.42 bits per heavy atom. The molecule has 0 bridgehead atoms. The van der Waals surface area contributed by atoms with Crippen LogP contribution in [0.1, 0.15) is 10.4 Å². The maximum atomic E-state index is 13.1. The normalized spacial score (nSPS) is 14.5. The van der Waals surface area contributed by atoms with Crippen LogP contribution >= 0.6 is 22.9 Å². The second-order valence-corrected chi connectivity index (χ2v) is 12.0. The summed E-state index contributed by atoms with van der Waals surface area (Å²) < 4.78 is 41.5. The highest BCUT2D eigenvalue weighted by atomic mass is 35.5. The Bertz CT molecular complexity index is 1540. The van der Waals surface area contributed by atoms with E-state index < -0.39 is 15.8 Å². The highest BCUT2D eigenvalue weighted by Gasteiger charge is 2.20. The zero-order chi connectivity index (χ0) is 26.7. The molecule has 3 aromatic carbocycles. The molecule has 1 aliphatic heterocycles. The van der Waals surface area contributed by atoms with Crippen molar-refractivity contribution in [2.45, 2.75) is 4.90 Å². The number of thiazole rings is 1. The van der Waals surface area contributed by atoms with Crippen molar-refractivity contribution < 1.29 is 17.6 Å². The SMILES string of the molecule is O=C(NCCN1CCN(c2nc3ccc(Cl)cc3s2)CC1)c1ccc(NS(=O)(=O)c2ccc(F)cc2)cc1. The minimum atomic E-state index is -3.86. The van der Waals surface area contributed by atoms with Gasteiger partial charge in [0.1, 0.15) is 5.82 Å². The topological polar surface area (TPSA) is 94.6 Å². The first-order valence-corrected chi connectivity index (χ1v) is 14.6. The molecule has 1 saturated heterocycles. The molecule has 1 fully saturated rings. The van der Waals surface area contributed by atoms with E-state index in [0.29, 0.717) is 22.8 Å². The first-order valence-electron chi connectivity index (χ1n) is 12.0. The molecule has 2 N–H and O–H groups in total. The molecule has 0 atom stereocenters. The molecule has 8 nitrogen and oxygen atoms in total. The standard InChI is InChI=1S/C26H25ClFN5O3S2/c27-19-3-10-23-24(17-19)37-26(30-23)33-15-13-32(14-16-33)12-11-29-25(34)18-1-6-21(7-2-18)31-38(35,36)22-8-4-20(28)5-9-22/h1-10,17,31H,11-16H2,(H,29,34). The molecule has 0 unspecified atom stereocenters. The van der Waals surface area contributed by atoms with Crippen molar-refractivity contribution in [2.75, 3.05) is 48.9 Å². The van der Waals surface area contributed by atoms with Crippen molar-refractivity contribution in [1.29, 1.82) is 0 Å². The first-order chi connectivity index (χ1) is 18.3. The highest BCUT2D eigenvalue weighted by molar-refractivity contribution is 7.92. The number of benzene rings is 3. The van der Waals surface area contributed by atoms with Gasteiger partial charge >= 0.3 is 0 Å². The number of piperazine rings is 1. The van der Waals surface area contributed by atoms with Gasteiger partial charge in [-0.3, -0.25) is 14.4 Å². The summed E-state index contributed by atoms with van der Waals surface area (Å²) in [6, 6.07) is 16.4. The zero-order valence-corrected chi connectivity index (χ0v) is 22.6. The van der Waals surface area contributed by atoms with E-state index in [1.807, 2.05) is 18.2 Å². The zero-order valence-electron chi connectivity index (χ0n) is 20.2. The number of halogens is 2. The average Bonchev–Trinajstić information content (AvgIpc) is 3.33. The number of nitrogens with one attached hydrogen (secondary N) is 2. The smallest absolute Gasteiger partial charge is 0.261 e. The van der Waals surface area contributed by atoms with E-state index in [4.69, 9.17) is 16.6 Å². The number of anilines is 2. The second-order valence-electron chi connectivity index (χ2n) is 8.83. The van der Waals surface area contributed by atoms with Crippen molar-refractivity contribution in [3.63, 3.8) is 0 Å². The molecule has 0 radical (unpaired) electrons. The Morgan fingerprint density at radius 1 is 1.00 bits per heavy atom. The molecule has 0 aliphatic carbocycles. The Hall–Kier alpha value is -3.25. The van der Waals surface area contributed by atoms with E-state index in [1.165, 1.54) is 24.3 Å². The number of amides is 1. The van der Waals surface area contributed by atoms with Crippen molar-refractivity contribution >= 4 is 59.9 Å². The summed E-state index contributed by atoms with van der Waals surface area (Å²) in [5.74, 6) is -0.748. The quantitative estimate of drug-likeness (QED) is 0.324. The lowest BCUT2D eigenvalue weighted by Crippen LogP contribution is -2.48. The number of fused-ring (bicyclic) bond motifs is 1. The molecule has 0 saturated carbocycles. The predicted molar refractivity (Wildman–Crippen MR) is 149 cm³/mol. The lowest BCUT2D eigenvalue weighted by atomic mass is 10.2. The average molecular weight is 574 g/mol. The first kappa shape index (κ1) is 26.4. The van der Waals surface area contributed by atoms with Crippen LogP contribution in [0.3, 0.4) is 0 Å². The van der Waals surface area contributed by atoms with Gasteiger partial charge in [-0.15, -0.1) is 0 Å². The summed E-state index contributed by atoms with van der Waals surface area (Å²) in [6.45, 7) is 4.68. The van der Waals surface area contributed by atoms with Crippen LogP contribution in [0.15, 0.2) is 71.6 Å². The maximum Gasteiger partial charge on any atom is 0.261 e.